The van der Waals surface area contributed by atoms with Gasteiger partial charge in [0.05, 0.1) is 0 Å². The summed E-state index contributed by atoms with van der Waals surface area (Å²) in [6, 6.07) is -0.750. The van der Waals surface area contributed by atoms with Crippen LogP contribution >= 0.6 is 0 Å². The number of aliphatic imine (C=N–C) groups is 1. The number of ether oxygens (including phenoxy) is 1. The molecule has 0 radical (unpaired) electrons. The largest absolute Gasteiger partial charge is 0.480 e. The van der Waals surface area contributed by atoms with Crippen molar-refractivity contribution in [1.29, 1.82) is 0 Å². The van der Waals surface area contributed by atoms with Crippen molar-refractivity contribution >= 4 is 11.9 Å². The first-order valence-corrected chi connectivity index (χ1v) is 4.26. The molecule has 1 rings (SSSR count). The summed E-state index contributed by atoms with van der Waals surface area (Å²) in [6.45, 7) is 7.52. The lowest BCUT2D eigenvalue weighted by Crippen LogP contribution is -2.40. The van der Waals surface area contributed by atoms with Gasteiger partial charge in [0.15, 0.2) is 11.9 Å². The average Bonchev–Trinajstić information content (AvgIpc) is 2.29. The highest BCUT2D eigenvalue weighted by atomic mass is 16.5. The fourth-order valence-corrected chi connectivity index (χ4v) is 1.38. The molecule has 4 nitrogen and oxygen atoms in total. The second-order valence-corrected chi connectivity index (χ2v) is 4.34. The quantitative estimate of drug-likeness (QED) is 0.669. The van der Waals surface area contributed by atoms with E-state index in [1.165, 1.54) is 0 Å². The van der Waals surface area contributed by atoms with Crippen LogP contribution in [-0.2, 0) is 9.53 Å². The topological polar surface area (TPSA) is 58.9 Å². The zero-order valence-electron chi connectivity index (χ0n) is 8.37. The van der Waals surface area contributed by atoms with E-state index in [1.807, 2.05) is 20.8 Å². The zero-order chi connectivity index (χ0) is 10.2. The van der Waals surface area contributed by atoms with Gasteiger partial charge in [0.1, 0.15) is 6.10 Å². The fraction of sp³-hybridized carbons (Fsp3) is 0.778. The van der Waals surface area contributed by atoms with Crippen LogP contribution < -0.4 is 0 Å². The molecule has 0 aromatic carbocycles. The molecule has 1 N–H and O–H groups in total. The van der Waals surface area contributed by atoms with Gasteiger partial charge in [-0.2, -0.15) is 0 Å². The van der Waals surface area contributed by atoms with E-state index in [0.717, 1.165) is 0 Å². The highest BCUT2D eigenvalue weighted by Crippen LogP contribution is 2.30. The molecule has 0 aliphatic carbocycles. The number of hydrogen-bond acceptors (Lipinski definition) is 3. The van der Waals surface area contributed by atoms with Gasteiger partial charge in [0.25, 0.3) is 0 Å². The van der Waals surface area contributed by atoms with E-state index in [4.69, 9.17) is 9.84 Å². The molecular weight excluding hydrogens is 170 g/mol. The zero-order valence-corrected chi connectivity index (χ0v) is 8.37. The molecular formula is C9H15NO3. The number of carboxylic acids is 1. The summed E-state index contributed by atoms with van der Waals surface area (Å²) in [6.07, 6.45) is -0.356. The van der Waals surface area contributed by atoms with Crippen molar-refractivity contribution in [2.45, 2.75) is 39.8 Å². The average molecular weight is 185 g/mol. The molecule has 2 unspecified atom stereocenters. The van der Waals surface area contributed by atoms with E-state index in [0.29, 0.717) is 5.90 Å². The van der Waals surface area contributed by atoms with Crippen molar-refractivity contribution in [3.8, 4) is 0 Å². The van der Waals surface area contributed by atoms with E-state index < -0.39 is 12.0 Å². The summed E-state index contributed by atoms with van der Waals surface area (Å²) in [5.41, 5.74) is -0.204. The molecule has 13 heavy (non-hydrogen) atoms. The maximum atomic E-state index is 10.8. The van der Waals surface area contributed by atoms with Crippen LogP contribution in [0.4, 0.5) is 0 Å². The Morgan fingerprint density at radius 2 is 2.08 bits per heavy atom. The van der Waals surface area contributed by atoms with E-state index in [9.17, 15) is 4.79 Å². The summed E-state index contributed by atoms with van der Waals surface area (Å²) in [7, 11) is 0. The van der Waals surface area contributed by atoms with Crippen LogP contribution in [0.3, 0.4) is 0 Å². The Morgan fingerprint density at radius 1 is 1.54 bits per heavy atom. The molecule has 0 aromatic rings. The normalized spacial score (nSPS) is 28.2. The lowest BCUT2D eigenvalue weighted by molar-refractivity contribution is -0.141. The second-order valence-electron chi connectivity index (χ2n) is 4.34. The minimum Gasteiger partial charge on any atom is -0.480 e. The third-order valence-corrected chi connectivity index (χ3v) is 2.01. The SMILES string of the molecule is CC1=NC(C(=O)O)C(C(C)(C)C)O1. The number of carbonyl (C=O) groups is 1. The van der Waals surface area contributed by atoms with E-state index in [1.54, 1.807) is 6.92 Å². The first kappa shape index (κ1) is 10.0. The van der Waals surface area contributed by atoms with Crippen molar-refractivity contribution < 1.29 is 14.6 Å². The van der Waals surface area contributed by atoms with Crippen LogP contribution in [-0.4, -0.2) is 29.1 Å². The van der Waals surface area contributed by atoms with Gasteiger partial charge in [-0.3, -0.25) is 0 Å². The van der Waals surface area contributed by atoms with Crippen LogP contribution in [0.1, 0.15) is 27.7 Å². The van der Waals surface area contributed by atoms with Crippen LogP contribution in [0.2, 0.25) is 0 Å². The van der Waals surface area contributed by atoms with E-state index >= 15 is 0 Å². The Balaban J connectivity index is 2.85. The van der Waals surface area contributed by atoms with Crippen molar-refractivity contribution in [1.82, 2.24) is 0 Å². The highest BCUT2D eigenvalue weighted by molar-refractivity contribution is 5.84. The number of aliphatic carboxylic acids is 1. The predicted molar refractivity (Wildman–Crippen MR) is 48.9 cm³/mol. The lowest BCUT2D eigenvalue weighted by atomic mass is 9.85. The van der Waals surface area contributed by atoms with Gasteiger partial charge in [-0.1, -0.05) is 20.8 Å². The molecule has 1 heterocycles. The van der Waals surface area contributed by atoms with E-state index in [2.05, 4.69) is 4.99 Å². The summed E-state index contributed by atoms with van der Waals surface area (Å²) in [4.78, 5) is 14.7. The Kier molecular flexibility index (Phi) is 2.32. The maximum absolute atomic E-state index is 10.8. The Morgan fingerprint density at radius 3 is 2.38 bits per heavy atom. The molecule has 0 bridgehead atoms. The van der Waals surface area contributed by atoms with Gasteiger partial charge in [0, 0.05) is 12.3 Å². The molecule has 4 heteroatoms. The maximum Gasteiger partial charge on any atom is 0.332 e. The van der Waals surface area contributed by atoms with Crippen molar-refractivity contribution in [2.24, 2.45) is 10.4 Å². The molecule has 0 saturated carbocycles. The van der Waals surface area contributed by atoms with Crippen molar-refractivity contribution in [2.75, 3.05) is 0 Å². The van der Waals surface area contributed by atoms with Gasteiger partial charge in [-0.25, -0.2) is 9.79 Å². The minimum atomic E-state index is -0.920. The number of rotatable bonds is 1. The number of nitrogens with zero attached hydrogens (tertiary/aromatic N) is 1. The van der Waals surface area contributed by atoms with Gasteiger partial charge in [-0.05, 0) is 0 Å². The number of carboxylic acid groups (broad SMARTS) is 1. The van der Waals surface area contributed by atoms with Crippen molar-refractivity contribution in [3.63, 3.8) is 0 Å². The monoisotopic (exact) mass is 185 g/mol. The lowest BCUT2D eigenvalue weighted by Gasteiger charge is -2.28. The summed E-state index contributed by atoms with van der Waals surface area (Å²) >= 11 is 0. The van der Waals surface area contributed by atoms with Crippen molar-refractivity contribution in [3.05, 3.63) is 0 Å². The molecule has 74 valence electrons. The molecule has 0 spiro atoms. The molecule has 2 atom stereocenters. The third-order valence-electron chi connectivity index (χ3n) is 2.01. The van der Waals surface area contributed by atoms with Gasteiger partial charge < -0.3 is 9.84 Å². The predicted octanol–water partition coefficient (Wildman–Crippen LogP) is 1.30. The summed E-state index contributed by atoms with van der Waals surface area (Å²) in [5, 5.41) is 8.88. The van der Waals surface area contributed by atoms with Crippen LogP contribution in [0.25, 0.3) is 0 Å². The second kappa shape index (κ2) is 3.01. The fourth-order valence-electron chi connectivity index (χ4n) is 1.38. The van der Waals surface area contributed by atoms with Gasteiger partial charge in [-0.15, -0.1) is 0 Å². The third kappa shape index (κ3) is 1.99. The minimum absolute atomic E-state index is 0.204. The molecule has 1 aliphatic heterocycles. The molecule has 1 aliphatic rings. The number of hydrogen-bond donors (Lipinski definition) is 1. The van der Waals surface area contributed by atoms with Gasteiger partial charge >= 0.3 is 5.97 Å². The van der Waals surface area contributed by atoms with Crippen LogP contribution in [0.5, 0.6) is 0 Å². The standard InChI is InChI=1S/C9H15NO3/c1-5-10-6(8(11)12)7(13-5)9(2,3)4/h6-7H,1-4H3,(H,11,12). The molecule has 0 amide bonds. The van der Waals surface area contributed by atoms with Crippen LogP contribution in [0, 0.1) is 5.41 Å². The molecule has 0 fully saturated rings. The molecule has 0 aromatic heterocycles. The highest BCUT2D eigenvalue weighted by Gasteiger charge is 2.42. The van der Waals surface area contributed by atoms with Crippen LogP contribution in [0.15, 0.2) is 4.99 Å². The summed E-state index contributed by atoms with van der Waals surface area (Å²) in [5.74, 6) is -0.455. The Hall–Kier alpha value is -1.06. The smallest absolute Gasteiger partial charge is 0.332 e. The molecule has 0 saturated heterocycles. The Labute approximate surface area is 77.6 Å². The Bertz CT molecular complexity index is 252. The first-order chi connectivity index (χ1) is 5.82. The first-order valence-electron chi connectivity index (χ1n) is 4.26. The summed E-state index contributed by atoms with van der Waals surface area (Å²) < 4.78 is 5.37. The van der Waals surface area contributed by atoms with Gasteiger partial charge in [0.2, 0.25) is 0 Å². The van der Waals surface area contributed by atoms with E-state index in [-0.39, 0.29) is 11.5 Å².